The lowest BCUT2D eigenvalue weighted by Crippen LogP contribution is -2.35. The van der Waals surface area contributed by atoms with Gasteiger partial charge in [0.2, 0.25) is 0 Å². The van der Waals surface area contributed by atoms with Gasteiger partial charge >= 0.3 is 5.97 Å². The van der Waals surface area contributed by atoms with Gasteiger partial charge in [0.05, 0.1) is 0 Å². The summed E-state index contributed by atoms with van der Waals surface area (Å²) < 4.78 is 0. The number of carbonyl (C=O) groups is 1. The van der Waals surface area contributed by atoms with Crippen molar-refractivity contribution in [2.75, 3.05) is 18.0 Å². The van der Waals surface area contributed by atoms with Gasteiger partial charge in [0.15, 0.2) is 0 Å². The molecule has 0 bridgehead atoms. The minimum absolute atomic E-state index is 0.152. The molecule has 0 spiro atoms. The maximum Gasteiger partial charge on any atom is 0.341 e. The third kappa shape index (κ3) is 2.88. The van der Waals surface area contributed by atoms with Crippen LogP contribution in [0.4, 0.5) is 5.82 Å². The number of anilines is 1. The molecule has 1 saturated heterocycles. The molecule has 0 aliphatic carbocycles. The summed E-state index contributed by atoms with van der Waals surface area (Å²) in [5.74, 6) is 0.668. The van der Waals surface area contributed by atoms with Crippen LogP contribution in [0.15, 0.2) is 24.8 Å². The van der Waals surface area contributed by atoms with Gasteiger partial charge in [-0.25, -0.2) is 24.7 Å². The SMILES string of the molecule is Cc1nccc(C2CCN(c3ncncc3C(=O)O)CC2)n1. The van der Waals surface area contributed by atoms with E-state index >= 15 is 0 Å². The van der Waals surface area contributed by atoms with Crippen molar-refractivity contribution in [2.45, 2.75) is 25.7 Å². The van der Waals surface area contributed by atoms with E-state index in [2.05, 4.69) is 19.9 Å². The fourth-order valence-corrected chi connectivity index (χ4v) is 2.81. The highest BCUT2D eigenvalue weighted by atomic mass is 16.4. The summed E-state index contributed by atoms with van der Waals surface area (Å²) in [5, 5.41) is 9.23. The molecule has 1 aliphatic heterocycles. The highest BCUT2D eigenvalue weighted by Crippen LogP contribution is 2.29. The second-order valence-corrected chi connectivity index (χ2v) is 5.36. The van der Waals surface area contributed by atoms with Crippen LogP contribution in [0.2, 0.25) is 0 Å². The zero-order valence-corrected chi connectivity index (χ0v) is 12.3. The first kappa shape index (κ1) is 14.4. The number of hydrogen-bond acceptors (Lipinski definition) is 6. The summed E-state index contributed by atoms with van der Waals surface area (Å²) in [6, 6.07) is 1.96. The molecule has 3 heterocycles. The summed E-state index contributed by atoms with van der Waals surface area (Å²) >= 11 is 0. The van der Waals surface area contributed by atoms with E-state index in [0.717, 1.165) is 37.4 Å². The fourth-order valence-electron chi connectivity index (χ4n) is 2.81. The van der Waals surface area contributed by atoms with E-state index in [1.807, 2.05) is 17.9 Å². The van der Waals surface area contributed by atoms with Crippen LogP contribution in [0.5, 0.6) is 0 Å². The molecule has 1 fully saturated rings. The molecule has 0 unspecified atom stereocenters. The van der Waals surface area contributed by atoms with E-state index in [0.29, 0.717) is 11.7 Å². The number of carboxylic acids is 1. The molecule has 0 saturated carbocycles. The second-order valence-electron chi connectivity index (χ2n) is 5.36. The minimum Gasteiger partial charge on any atom is -0.477 e. The van der Waals surface area contributed by atoms with E-state index in [1.54, 1.807) is 6.20 Å². The molecule has 114 valence electrons. The summed E-state index contributed by atoms with van der Waals surface area (Å²) in [6.07, 6.45) is 6.36. The van der Waals surface area contributed by atoms with Crippen molar-refractivity contribution in [3.05, 3.63) is 41.9 Å². The molecule has 1 aliphatic rings. The number of aromatic carboxylic acids is 1. The summed E-state index contributed by atoms with van der Waals surface area (Å²) in [6.45, 7) is 3.40. The van der Waals surface area contributed by atoms with Crippen molar-refractivity contribution in [3.63, 3.8) is 0 Å². The van der Waals surface area contributed by atoms with Crippen molar-refractivity contribution in [3.8, 4) is 0 Å². The second kappa shape index (κ2) is 6.05. The monoisotopic (exact) mass is 299 g/mol. The van der Waals surface area contributed by atoms with Gasteiger partial charge in [-0.15, -0.1) is 0 Å². The van der Waals surface area contributed by atoms with Gasteiger partial charge in [0.25, 0.3) is 0 Å². The lowest BCUT2D eigenvalue weighted by atomic mass is 9.93. The van der Waals surface area contributed by atoms with E-state index in [9.17, 15) is 9.90 Å². The van der Waals surface area contributed by atoms with Crippen molar-refractivity contribution in [1.82, 2.24) is 19.9 Å². The first-order valence-electron chi connectivity index (χ1n) is 7.23. The summed E-state index contributed by atoms with van der Waals surface area (Å²) in [5.41, 5.74) is 1.21. The van der Waals surface area contributed by atoms with Crippen LogP contribution in [-0.2, 0) is 0 Å². The number of aryl methyl sites for hydroxylation is 1. The van der Waals surface area contributed by atoms with E-state index in [-0.39, 0.29) is 5.56 Å². The van der Waals surface area contributed by atoms with Gasteiger partial charge in [-0.2, -0.15) is 0 Å². The molecule has 0 aromatic carbocycles. The molecule has 7 nitrogen and oxygen atoms in total. The Bertz CT molecular complexity index is 683. The normalized spacial score (nSPS) is 15.8. The predicted molar refractivity (Wildman–Crippen MR) is 79.9 cm³/mol. The third-order valence-electron chi connectivity index (χ3n) is 3.93. The third-order valence-corrected chi connectivity index (χ3v) is 3.93. The molecular weight excluding hydrogens is 282 g/mol. The number of rotatable bonds is 3. The van der Waals surface area contributed by atoms with Gasteiger partial charge in [-0.1, -0.05) is 0 Å². The van der Waals surface area contributed by atoms with Crippen LogP contribution in [-0.4, -0.2) is 44.1 Å². The van der Waals surface area contributed by atoms with Gasteiger partial charge in [-0.05, 0) is 25.8 Å². The molecule has 0 amide bonds. The molecule has 22 heavy (non-hydrogen) atoms. The summed E-state index contributed by atoms with van der Waals surface area (Å²) in [4.78, 5) is 29.8. The Labute approximate surface area is 128 Å². The highest BCUT2D eigenvalue weighted by Gasteiger charge is 2.25. The Kier molecular flexibility index (Phi) is 3.95. The lowest BCUT2D eigenvalue weighted by molar-refractivity contribution is 0.0696. The first-order chi connectivity index (χ1) is 10.6. The molecule has 2 aromatic heterocycles. The lowest BCUT2D eigenvalue weighted by Gasteiger charge is -2.33. The maximum absolute atomic E-state index is 11.3. The van der Waals surface area contributed by atoms with E-state index in [4.69, 9.17) is 0 Å². The first-order valence-corrected chi connectivity index (χ1v) is 7.23. The van der Waals surface area contributed by atoms with Crippen LogP contribution < -0.4 is 4.90 Å². The molecule has 0 atom stereocenters. The standard InChI is InChI=1S/C15H17N5O2/c1-10-17-5-2-13(19-10)11-3-6-20(7-4-11)14-12(15(21)22)8-16-9-18-14/h2,5,8-9,11H,3-4,6-7H2,1H3,(H,21,22). The molecule has 3 rings (SSSR count). The maximum atomic E-state index is 11.3. The number of aromatic nitrogens is 4. The van der Waals surface area contributed by atoms with Crippen LogP contribution in [0.1, 0.15) is 40.6 Å². The fraction of sp³-hybridized carbons (Fsp3) is 0.400. The molecule has 7 heteroatoms. The Morgan fingerprint density at radius 1 is 1.32 bits per heavy atom. The van der Waals surface area contributed by atoms with Crippen LogP contribution >= 0.6 is 0 Å². The number of piperidine rings is 1. The van der Waals surface area contributed by atoms with Crippen molar-refractivity contribution in [1.29, 1.82) is 0 Å². The highest BCUT2D eigenvalue weighted by molar-refractivity contribution is 5.92. The number of nitrogens with zero attached hydrogens (tertiary/aromatic N) is 5. The Balaban J connectivity index is 1.73. The topological polar surface area (TPSA) is 92.1 Å². The van der Waals surface area contributed by atoms with Crippen molar-refractivity contribution >= 4 is 11.8 Å². The van der Waals surface area contributed by atoms with Gasteiger partial charge in [0.1, 0.15) is 23.5 Å². The van der Waals surface area contributed by atoms with Gasteiger partial charge in [0, 0.05) is 37.1 Å². The molecular formula is C15H17N5O2. The van der Waals surface area contributed by atoms with Gasteiger partial charge in [-0.3, -0.25) is 0 Å². The Hall–Kier alpha value is -2.57. The molecule has 0 radical (unpaired) electrons. The number of hydrogen-bond donors (Lipinski definition) is 1. The molecule has 2 aromatic rings. The van der Waals surface area contributed by atoms with Crippen LogP contribution in [0, 0.1) is 6.92 Å². The van der Waals surface area contributed by atoms with E-state index < -0.39 is 5.97 Å². The quantitative estimate of drug-likeness (QED) is 0.921. The zero-order chi connectivity index (χ0) is 15.5. The Morgan fingerprint density at radius 2 is 2.09 bits per heavy atom. The van der Waals surface area contributed by atoms with Crippen LogP contribution in [0.3, 0.4) is 0 Å². The smallest absolute Gasteiger partial charge is 0.341 e. The van der Waals surface area contributed by atoms with E-state index in [1.165, 1.54) is 12.5 Å². The zero-order valence-electron chi connectivity index (χ0n) is 12.3. The van der Waals surface area contributed by atoms with Crippen molar-refractivity contribution in [2.24, 2.45) is 0 Å². The van der Waals surface area contributed by atoms with Crippen LogP contribution in [0.25, 0.3) is 0 Å². The average molecular weight is 299 g/mol. The summed E-state index contributed by atoms with van der Waals surface area (Å²) in [7, 11) is 0. The largest absolute Gasteiger partial charge is 0.477 e. The predicted octanol–water partition coefficient (Wildman–Crippen LogP) is 1.66. The van der Waals surface area contributed by atoms with Crippen molar-refractivity contribution < 1.29 is 9.90 Å². The molecule has 1 N–H and O–H groups in total. The average Bonchev–Trinajstić information content (AvgIpc) is 2.55. The minimum atomic E-state index is -0.996. The number of carboxylic acid groups (broad SMARTS) is 1. The van der Waals surface area contributed by atoms with Gasteiger partial charge < -0.3 is 10.0 Å². The Morgan fingerprint density at radius 3 is 2.77 bits per heavy atom.